The average Bonchev–Trinajstić information content (AvgIpc) is 2.96. The predicted octanol–water partition coefficient (Wildman–Crippen LogP) is 2.43. The number of nitrogens with one attached hydrogen (secondary N) is 1. The van der Waals surface area contributed by atoms with Crippen LogP contribution in [0.3, 0.4) is 0 Å². The Morgan fingerprint density at radius 2 is 2.25 bits per heavy atom. The average molecular weight is 365 g/mol. The van der Waals surface area contributed by atoms with Crippen molar-refractivity contribution in [3.8, 4) is 0 Å². The molecule has 0 saturated carbocycles. The second-order valence-corrected chi connectivity index (χ2v) is 8.16. The summed E-state index contributed by atoms with van der Waals surface area (Å²) in [4.78, 5) is 0.229. The molecule has 0 bridgehead atoms. The van der Waals surface area contributed by atoms with Crippen molar-refractivity contribution in [2.24, 2.45) is 11.8 Å². The molecule has 1 aromatic rings. The van der Waals surface area contributed by atoms with Gasteiger partial charge in [-0.3, -0.25) is 0 Å². The maximum Gasteiger partial charge on any atom is 0.247 e. The van der Waals surface area contributed by atoms with Crippen molar-refractivity contribution in [3.05, 3.63) is 16.5 Å². The highest BCUT2D eigenvalue weighted by molar-refractivity contribution is 9.10. The molecule has 1 fully saturated rings. The van der Waals surface area contributed by atoms with Crippen LogP contribution in [0, 0.1) is 11.8 Å². The van der Waals surface area contributed by atoms with E-state index < -0.39 is 10.0 Å². The number of hydrogen-bond acceptors (Lipinski definition) is 4. The van der Waals surface area contributed by atoms with Gasteiger partial charge in [0.2, 0.25) is 10.0 Å². The largest absolute Gasteiger partial charge is 0.452 e. The van der Waals surface area contributed by atoms with E-state index in [2.05, 4.69) is 35.1 Å². The van der Waals surface area contributed by atoms with Gasteiger partial charge in [0, 0.05) is 19.2 Å². The fourth-order valence-corrected chi connectivity index (χ4v) is 4.96. The van der Waals surface area contributed by atoms with Gasteiger partial charge in [0.05, 0.1) is 6.54 Å². The lowest BCUT2D eigenvalue weighted by Crippen LogP contribution is -2.29. The minimum absolute atomic E-state index is 0.229. The normalized spacial score (nSPS) is 20.9. The number of furan rings is 1. The van der Waals surface area contributed by atoms with E-state index in [0.717, 1.165) is 6.42 Å². The van der Waals surface area contributed by atoms with Gasteiger partial charge in [-0.2, -0.15) is 4.31 Å². The summed E-state index contributed by atoms with van der Waals surface area (Å²) in [6.07, 6.45) is 0.926. The first-order chi connectivity index (χ1) is 9.36. The molecule has 2 heterocycles. The van der Waals surface area contributed by atoms with Gasteiger partial charge in [0.1, 0.15) is 10.7 Å². The standard InChI is InChI=1S/C13H21BrN2O3S/c1-9(2)10-4-5-16(8-10)20(17,18)12-6-11(7-15-3)19-13(12)14/h6,9-10,15H,4-5,7-8H2,1-3H3. The van der Waals surface area contributed by atoms with Crippen LogP contribution in [0.5, 0.6) is 0 Å². The molecule has 0 radical (unpaired) electrons. The van der Waals surface area contributed by atoms with Gasteiger partial charge in [-0.05, 0) is 41.2 Å². The Bertz CT molecular complexity index is 568. The number of halogens is 1. The molecule has 1 atom stereocenters. The molecule has 5 nitrogen and oxygen atoms in total. The molecule has 0 spiro atoms. The lowest BCUT2D eigenvalue weighted by atomic mass is 9.96. The SMILES string of the molecule is CNCc1cc(S(=O)(=O)N2CCC(C(C)C)C2)c(Br)o1. The summed E-state index contributed by atoms with van der Waals surface area (Å²) in [5.41, 5.74) is 0. The Balaban J connectivity index is 2.23. The zero-order chi connectivity index (χ0) is 14.9. The van der Waals surface area contributed by atoms with E-state index in [0.29, 0.717) is 37.2 Å². The van der Waals surface area contributed by atoms with Gasteiger partial charge in [0.15, 0.2) is 4.67 Å². The van der Waals surface area contributed by atoms with E-state index >= 15 is 0 Å². The molecule has 1 N–H and O–H groups in total. The summed E-state index contributed by atoms with van der Waals surface area (Å²) < 4.78 is 32.6. The molecule has 1 unspecified atom stereocenters. The van der Waals surface area contributed by atoms with Gasteiger partial charge in [-0.25, -0.2) is 8.42 Å². The third-order valence-corrected chi connectivity index (χ3v) is 6.53. The molecule has 114 valence electrons. The van der Waals surface area contributed by atoms with Crippen LogP contribution in [0.25, 0.3) is 0 Å². The Morgan fingerprint density at radius 1 is 1.55 bits per heavy atom. The minimum atomic E-state index is -3.47. The third-order valence-electron chi connectivity index (χ3n) is 3.81. The zero-order valence-electron chi connectivity index (χ0n) is 12.0. The first-order valence-electron chi connectivity index (χ1n) is 6.79. The summed E-state index contributed by atoms with van der Waals surface area (Å²) in [7, 11) is -1.68. The second kappa shape index (κ2) is 6.17. The van der Waals surface area contributed by atoms with E-state index in [1.807, 2.05) is 0 Å². The van der Waals surface area contributed by atoms with E-state index in [1.54, 1.807) is 17.4 Å². The molecular formula is C13H21BrN2O3S. The molecule has 1 saturated heterocycles. The molecule has 7 heteroatoms. The Kier molecular flexibility index (Phi) is 4.94. The topological polar surface area (TPSA) is 62.6 Å². The molecular weight excluding hydrogens is 344 g/mol. The molecule has 0 aliphatic carbocycles. The lowest BCUT2D eigenvalue weighted by Gasteiger charge is -2.17. The van der Waals surface area contributed by atoms with Crippen LogP contribution < -0.4 is 5.32 Å². The number of hydrogen-bond donors (Lipinski definition) is 1. The first-order valence-corrected chi connectivity index (χ1v) is 9.02. The van der Waals surface area contributed by atoms with Crippen molar-refractivity contribution in [2.75, 3.05) is 20.1 Å². The van der Waals surface area contributed by atoms with E-state index in [-0.39, 0.29) is 9.56 Å². The van der Waals surface area contributed by atoms with E-state index in [4.69, 9.17) is 4.42 Å². The smallest absolute Gasteiger partial charge is 0.247 e. The number of nitrogens with zero attached hydrogens (tertiary/aromatic N) is 1. The van der Waals surface area contributed by atoms with Gasteiger partial charge < -0.3 is 9.73 Å². The molecule has 20 heavy (non-hydrogen) atoms. The van der Waals surface area contributed by atoms with Crippen molar-refractivity contribution < 1.29 is 12.8 Å². The van der Waals surface area contributed by atoms with Crippen LogP contribution in [0.15, 0.2) is 20.0 Å². The van der Waals surface area contributed by atoms with Crippen LogP contribution in [-0.2, 0) is 16.6 Å². The van der Waals surface area contributed by atoms with Crippen LogP contribution in [-0.4, -0.2) is 32.9 Å². The Morgan fingerprint density at radius 3 is 2.80 bits per heavy atom. The van der Waals surface area contributed by atoms with Gasteiger partial charge >= 0.3 is 0 Å². The fraction of sp³-hybridized carbons (Fsp3) is 0.692. The third kappa shape index (κ3) is 3.10. The zero-order valence-corrected chi connectivity index (χ0v) is 14.4. The highest BCUT2D eigenvalue weighted by Crippen LogP contribution is 2.33. The van der Waals surface area contributed by atoms with E-state index in [1.165, 1.54) is 0 Å². The second-order valence-electron chi connectivity index (χ2n) is 5.54. The van der Waals surface area contributed by atoms with Crippen molar-refractivity contribution in [1.29, 1.82) is 0 Å². The Labute approximate surface area is 128 Å². The maximum absolute atomic E-state index is 12.7. The summed E-state index contributed by atoms with van der Waals surface area (Å²) >= 11 is 3.21. The van der Waals surface area contributed by atoms with Crippen LogP contribution in [0.2, 0.25) is 0 Å². The summed E-state index contributed by atoms with van der Waals surface area (Å²) in [5.74, 6) is 1.55. The summed E-state index contributed by atoms with van der Waals surface area (Å²) in [6.45, 7) is 5.96. The summed E-state index contributed by atoms with van der Waals surface area (Å²) in [6, 6.07) is 1.60. The maximum atomic E-state index is 12.7. The monoisotopic (exact) mass is 364 g/mol. The molecule has 0 aromatic carbocycles. The minimum Gasteiger partial charge on any atom is -0.452 e. The predicted molar refractivity (Wildman–Crippen MR) is 80.9 cm³/mol. The van der Waals surface area contributed by atoms with Crippen LogP contribution in [0.1, 0.15) is 26.0 Å². The number of sulfonamides is 1. The van der Waals surface area contributed by atoms with Crippen LogP contribution >= 0.6 is 15.9 Å². The molecule has 1 aliphatic heterocycles. The quantitative estimate of drug-likeness (QED) is 0.871. The van der Waals surface area contributed by atoms with Crippen LogP contribution in [0.4, 0.5) is 0 Å². The van der Waals surface area contributed by atoms with Gasteiger partial charge in [0.25, 0.3) is 0 Å². The fourth-order valence-electron chi connectivity index (χ4n) is 2.49. The van der Waals surface area contributed by atoms with E-state index in [9.17, 15) is 8.42 Å². The molecule has 0 amide bonds. The summed E-state index contributed by atoms with van der Waals surface area (Å²) in [5, 5.41) is 2.94. The molecule has 1 aromatic heterocycles. The van der Waals surface area contributed by atoms with Crippen molar-refractivity contribution in [2.45, 2.75) is 31.7 Å². The lowest BCUT2D eigenvalue weighted by molar-refractivity contribution is 0.388. The highest BCUT2D eigenvalue weighted by atomic mass is 79.9. The highest BCUT2D eigenvalue weighted by Gasteiger charge is 2.36. The number of rotatable bonds is 5. The van der Waals surface area contributed by atoms with Crippen molar-refractivity contribution >= 4 is 26.0 Å². The van der Waals surface area contributed by atoms with Gasteiger partial charge in [-0.1, -0.05) is 13.8 Å². The molecule has 1 aliphatic rings. The Hall–Kier alpha value is -0.370. The molecule has 2 rings (SSSR count). The van der Waals surface area contributed by atoms with Crippen molar-refractivity contribution in [3.63, 3.8) is 0 Å². The van der Waals surface area contributed by atoms with Gasteiger partial charge in [-0.15, -0.1) is 0 Å². The first kappa shape index (κ1) is 16.0. The van der Waals surface area contributed by atoms with Crippen molar-refractivity contribution in [1.82, 2.24) is 9.62 Å².